The summed E-state index contributed by atoms with van der Waals surface area (Å²) in [5, 5.41) is 1.17. The maximum atomic E-state index is 5.48. The first kappa shape index (κ1) is 14.9. The van der Waals surface area contributed by atoms with E-state index in [4.69, 9.17) is 9.72 Å². The fourth-order valence-electron chi connectivity index (χ4n) is 3.35. The van der Waals surface area contributed by atoms with Gasteiger partial charge >= 0.3 is 0 Å². The lowest BCUT2D eigenvalue weighted by molar-refractivity contribution is 0.0321. The van der Waals surface area contributed by atoms with Gasteiger partial charge in [0.25, 0.3) is 0 Å². The Bertz CT molecular complexity index is 648. The van der Waals surface area contributed by atoms with Gasteiger partial charge in [0.2, 0.25) is 0 Å². The lowest BCUT2D eigenvalue weighted by atomic mass is 10.1. The molecule has 2 aliphatic rings. The molecule has 2 fully saturated rings. The molecule has 2 saturated heterocycles. The molecule has 0 radical (unpaired) electrons. The van der Waals surface area contributed by atoms with Crippen molar-refractivity contribution in [3.63, 3.8) is 0 Å². The van der Waals surface area contributed by atoms with E-state index in [9.17, 15) is 0 Å². The van der Waals surface area contributed by atoms with E-state index in [2.05, 4.69) is 43.9 Å². The third-order valence-electron chi connectivity index (χ3n) is 4.63. The summed E-state index contributed by atoms with van der Waals surface area (Å²) in [5.74, 6) is 0. The molecule has 4 rings (SSSR count). The molecule has 0 N–H and O–H groups in total. The minimum absolute atomic E-state index is 0.724. The van der Waals surface area contributed by atoms with E-state index in [1.165, 1.54) is 22.7 Å². The Morgan fingerprint density at radius 1 is 1.14 bits per heavy atom. The number of anilines is 1. The number of ether oxygens (including phenoxy) is 1. The molecular weight excluding hydrogens is 362 g/mol. The second kappa shape index (κ2) is 6.43. The number of hydrogen-bond donors (Lipinski definition) is 0. The van der Waals surface area contributed by atoms with Crippen LogP contribution in [0.15, 0.2) is 22.7 Å². The lowest BCUT2D eigenvalue weighted by Crippen LogP contribution is -2.51. The summed E-state index contributed by atoms with van der Waals surface area (Å²) >= 11 is 5.34. The first-order chi connectivity index (χ1) is 10.8. The Balaban J connectivity index is 1.43. The molecular formula is C16H20BrN3OS. The smallest absolute Gasteiger partial charge is 0.186 e. The zero-order valence-electron chi connectivity index (χ0n) is 12.5. The van der Waals surface area contributed by atoms with Crippen LogP contribution in [0.3, 0.4) is 0 Å². The maximum absolute atomic E-state index is 5.48. The van der Waals surface area contributed by atoms with Gasteiger partial charge in [-0.2, -0.15) is 0 Å². The standard InChI is InChI=1S/C16H20BrN3OS/c17-12-1-2-14-15(11-12)22-16(18-14)20-7-5-19(6-8-20)13-3-9-21-10-4-13/h1-2,11,13H,3-10H2. The van der Waals surface area contributed by atoms with E-state index in [-0.39, 0.29) is 0 Å². The van der Waals surface area contributed by atoms with Gasteiger partial charge in [-0.1, -0.05) is 27.3 Å². The Labute approximate surface area is 143 Å². The quantitative estimate of drug-likeness (QED) is 0.797. The number of halogens is 1. The highest BCUT2D eigenvalue weighted by Gasteiger charge is 2.26. The first-order valence-electron chi connectivity index (χ1n) is 7.92. The molecule has 22 heavy (non-hydrogen) atoms. The predicted octanol–water partition coefficient (Wildman–Crippen LogP) is 3.36. The molecule has 0 amide bonds. The summed E-state index contributed by atoms with van der Waals surface area (Å²) in [4.78, 5) is 9.88. The van der Waals surface area contributed by atoms with Crippen LogP contribution in [0.1, 0.15) is 12.8 Å². The van der Waals surface area contributed by atoms with Gasteiger partial charge < -0.3 is 9.64 Å². The molecule has 1 aromatic carbocycles. The van der Waals surface area contributed by atoms with E-state index >= 15 is 0 Å². The third-order valence-corrected chi connectivity index (χ3v) is 6.20. The van der Waals surface area contributed by atoms with Crippen molar-refractivity contribution in [2.75, 3.05) is 44.3 Å². The number of rotatable bonds is 2. The maximum Gasteiger partial charge on any atom is 0.186 e. The molecule has 0 saturated carbocycles. The van der Waals surface area contributed by atoms with Gasteiger partial charge in [-0.25, -0.2) is 4.98 Å². The van der Waals surface area contributed by atoms with Crippen LogP contribution in [0.2, 0.25) is 0 Å². The second-order valence-electron chi connectivity index (χ2n) is 5.98. The van der Waals surface area contributed by atoms with Crippen molar-refractivity contribution < 1.29 is 4.74 Å². The number of hydrogen-bond acceptors (Lipinski definition) is 5. The van der Waals surface area contributed by atoms with Crippen molar-refractivity contribution in [3.8, 4) is 0 Å². The van der Waals surface area contributed by atoms with Crippen molar-refractivity contribution in [2.45, 2.75) is 18.9 Å². The summed E-state index contributed by atoms with van der Waals surface area (Å²) in [6, 6.07) is 7.05. The molecule has 0 atom stereocenters. The van der Waals surface area contributed by atoms with E-state index in [1.54, 1.807) is 11.3 Å². The highest BCUT2D eigenvalue weighted by molar-refractivity contribution is 9.10. The minimum atomic E-state index is 0.724. The number of benzene rings is 1. The average Bonchev–Trinajstić information content (AvgIpc) is 2.99. The zero-order chi connectivity index (χ0) is 14.9. The average molecular weight is 382 g/mol. The van der Waals surface area contributed by atoms with Crippen molar-refractivity contribution in [1.82, 2.24) is 9.88 Å². The Morgan fingerprint density at radius 3 is 2.68 bits per heavy atom. The van der Waals surface area contributed by atoms with E-state index in [0.717, 1.165) is 55.4 Å². The molecule has 3 heterocycles. The fourth-order valence-corrected chi connectivity index (χ4v) is 4.92. The third kappa shape index (κ3) is 3.02. The molecule has 0 spiro atoms. The van der Waals surface area contributed by atoms with Gasteiger partial charge in [0.05, 0.1) is 10.2 Å². The van der Waals surface area contributed by atoms with Crippen molar-refractivity contribution in [1.29, 1.82) is 0 Å². The highest BCUT2D eigenvalue weighted by atomic mass is 79.9. The molecule has 0 unspecified atom stereocenters. The number of nitrogens with zero attached hydrogens (tertiary/aromatic N) is 3. The van der Waals surface area contributed by atoms with Gasteiger partial charge in [-0.05, 0) is 31.0 Å². The van der Waals surface area contributed by atoms with Gasteiger partial charge in [-0.15, -0.1) is 0 Å². The van der Waals surface area contributed by atoms with Gasteiger partial charge in [0.1, 0.15) is 0 Å². The molecule has 1 aromatic heterocycles. The molecule has 4 nitrogen and oxygen atoms in total. The van der Waals surface area contributed by atoms with Crippen LogP contribution in [-0.2, 0) is 4.74 Å². The molecule has 2 aromatic rings. The number of thiazole rings is 1. The van der Waals surface area contributed by atoms with Gasteiger partial charge in [0.15, 0.2) is 5.13 Å². The summed E-state index contributed by atoms with van der Waals surface area (Å²) in [5.41, 5.74) is 1.11. The predicted molar refractivity (Wildman–Crippen MR) is 94.9 cm³/mol. The Morgan fingerprint density at radius 2 is 1.91 bits per heavy atom. The van der Waals surface area contributed by atoms with Crippen LogP contribution in [-0.4, -0.2) is 55.3 Å². The Hall–Kier alpha value is -0.690. The van der Waals surface area contributed by atoms with Crippen LogP contribution in [0, 0.1) is 0 Å². The summed E-state index contributed by atoms with van der Waals surface area (Å²) in [6.45, 7) is 6.31. The van der Waals surface area contributed by atoms with Crippen LogP contribution in [0.25, 0.3) is 10.2 Å². The van der Waals surface area contributed by atoms with Crippen molar-refractivity contribution in [3.05, 3.63) is 22.7 Å². The first-order valence-corrected chi connectivity index (χ1v) is 9.53. The van der Waals surface area contributed by atoms with Crippen molar-refractivity contribution in [2.24, 2.45) is 0 Å². The Kier molecular flexibility index (Phi) is 4.35. The normalized spacial score (nSPS) is 21.6. The zero-order valence-corrected chi connectivity index (χ0v) is 14.9. The van der Waals surface area contributed by atoms with E-state index in [1.807, 2.05) is 0 Å². The molecule has 118 valence electrons. The molecule has 2 aliphatic heterocycles. The fraction of sp³-hybridized carbons (Fsp3) is 0.562. The van der Waals surface area contributed by atoms with Crippen LogP contribution < -0.4 is 4.90 Å². The summed E-state index contributed by atoms with van der Waals surface area (Å²) in [7, 11) is 0. The van der Waals surface area contributed by atoms with Crippen LogP contribution in [0.4, 0.5) is 5.13 Å². The number of fused-ring (bicyclic) bond motifs is 1. The molecule has 0 aliphatic carbocycles. The summed E-state index contributed by atoms with van der Waals surface area (Å²) < 4.78 is 7.86. The number of piperazine rings is 1. The summed E-state index contributed by atoms with van der Waals surface area (Å²) in [6.07, 6.45) is 2.38. The van der Waals surface area contributed by atoms with Crippen LogP contribution in [0.5, 0.6) is 0 Å². The van der Waals surface area contributed by atoms with E-state index < -0.39 is 0 Å². The number of aromatic nitrogens is 1. The van der Waals surface area contributed by atoms with E-state index in [0.29, 0.717) is 0 Å². The molecule has 6 heteroatoms. The van der Waals surface area contributed by atoms with Gasteiger partial charge in [-0.3, -0.25) is 4.90 Å². The monoisotopic (exact) mass is 381 g/mol. The second-order valence-corrected chi connectivity index (χ2v) is 7.90. The molecule has 0 bridgehead atoms. The lowest BCUT2D eigenvalue weighted by Gasteiger charge is -2.40. The highest BCUT2D eigenvalue weighted by Crippen LogP contribution is 2.31. The van der Waals surface area contributed by atoms with Crippen LogP contribution >= 0.6 is 27.3 Å². The van der Waals surface area contributed by atoms with Crippen molar-refractivity contribution >= 4 is 42.6 Å². The van der Waals surface area contributed by atoms with Gasteiger partial charge in [0, 0.05) is 49.9 Å². The topological polar surface area (TPSA) is 28.6 Å². The SMILES string of the molecule is Brc1ccc2nc(N3CCN(C4CCOCC4)CC3)sc2c1. The minimum Gasteiger partial charge on any atom is -0.381 e. The largest absolute Gasteiger partial charge is 0.381 e.